The number of hydrogen-bond donors (Lipinski definition) is 1. The van der Waals surface area contributed by atoms with Gasteiger partial charge in [0.15, 0.2) is 0 Å². The third-order valence-electron chi connectivity index (χ3n) is 2.51. The van der Waals surface area contributed by atoms with Gasteiger partial charge in [0.2, 0.25) is 0 Å². The van der Waals surface area contributed by atoms with E-state index in [1.165, 1.54) is 0 Å². The smallest absolute Gasteiger partial charge is 0.127 e. The van der Waals surface area contributed by atoms with E-state index in [2.05, 4.69) is 5.32 Å². The zero-order valence-electron chi connectivity index (χ0n) is 11.2. The molecule has 0 radical (unpaired) electrons. The van der Waals surface area contributed by atoms with Crippen molar-refractivity contribution in [3.05, 3.63) is 23.8 Å². The molecule has 0 saturated heterocycles. The fraction of sp³-hybridized carbons (Fsp3) is 0.538. The van der Waals surface area contributed by atoms with Gasteiger partial charge >= 0.3 is 0 Å². The van der Waals surface area contributed by atoms with Crippen LogP contribution in [-0.2, 0) is 11.3 Å². The van der Waals surface area contributed by atoms with Crippen molar-refractivity contribution in [2.45, 2.75) is 13.0 Å². The number of benzene rings is 1. The second-order valence-electron chi connectivity index (χ2n) is 3.70. The van der Waals surface area contributed by atoms with Gasteiger partial charge in [-0.1, -0.05) is 6.07 Å². The molecule has 1 rings (SSSR count). The zero-order chi connectivity index (χ0) is 12.5. The molecule has 0 heterocycles. The van der Waals surface area contributed by atoms with Crippen LogP contribution in [0.4, 0.5) is 0 Å². The Morgan fingerprint density at radius 1 is 1.11 bits per heavy atom. The maximum Gasteiger partial charge on any atom is 0.127 e. The van der Waals surface area contributed by atoms with Crippen molar-refractivity contribution >= 4 is 12.4 Å². The van der Waals surface area contributed by atoms with E-state index in [0.717, 1.165) is 43.2 Å². The lowest BCUT2D eigenvalue weighted by Crippen LogP contribution is -2.16. The van der Waals surface area contributed by atoms with Gasteiger partial charge in [-0.2, -0.15) is 0 Å². The molecule has 0 fully saturated rings. The molecule has 104 valence electrons. The molecule has 4 nitrogen and oxygen atoms in total. The predicted octanol–water partition coefficient (Wildman–Crippen LogP) is 2.25. The molecule has 0 bridgehead atoms. The molecule has 1 aromatic carbocycles. The van der Waals surface area contributed by atoms with Crippen LogP contribution in [0.5, 0.6) is 11.5 Å². The summed E-state index contributed by atoms with van der Waals surface area (Å²) in [6.45, 7) is 2.51. The van der Waals surface area contributed by atoms with Crippen molar-refractivity contribution in [1.82, 2.24) is 5.32 Å². The van der Waals surface area contributed by atoms with Crippen LogP contribution in [0, 0.1) is 0 Å². The third kappa shape index (κ3) is 5.58. The lowest BCUT2D eigenvalue weighted by atomic mass is 10.2. The van der Waals surface area contributed by atoms with Crippen molar-refractivity contribution in [1.29, 1.82) is 0 Å². The third-order valence-corrected chi connectivity index (χ3v) is 2.51. The Balaban J connectivity index is 0.00000289. The minimum absolute atomic E-state index is 0. The van der Waals surface area contributed by atoms with Crippen molar-refractivity contribution in [3.8, 4) is 11.5 Å². The van der Waals surface area contributed by atoms with E-state index < -0.39 is 0 Å². The normalized spacial score (nSPS) is 9.72. The Morgan fingerprint density at radius 3 is 2.50 bits per heavy atom. The molecule has 0 unspecified atom stereocenters. The molecule has 1 aromatic rings. The summed E-state index contributed by atoms with van der Waals surface area (Å²) in [4.78, 5) is 0. The van der Waals surface area contributed by atoms with Crippen molar-refractivity contribution in [3.63, 3.8) is 0 Å². The highest BCUT2D eigenvalue weighted by Gasteiger charge is 2.04. The average Bonchev–Trinajstić information content (AvgIpc) is 2.38. The highest BCUT2D eigenvalue weighted by atomic mass is 35.5. The van der Waals surface area contributed by atoms with Gasteiger partial charge in [0.05, 0.1) is 14.2 Å². The largest absolute Gasteiger partial charge is 0.497 e. The van der Waals surface area contributed by atoms with E-state index in [-0.39, 0.29) is 12.4 Å². The Labute approximate surface area is 115 Å². The molecular weight excluding hydrogens is 254 g/mol. The molecule has 0 amide bonds. The fourth-order valence-corrected chi connectivity index (χ4v) is 1.56. The molecular formula is C13H22ClNO3. The van der Waals surface area contributed by atoms with Gasteiger partial charge < -0.3 is 19.5 Å². The van der Waals surface area contributed by atoms with Gasteiger partial charge in [-0.25, -0.2) is 0 Å². The quantitative estimate of drug-likeness (QED) is 0.739. The van der Waals surface area contributed by atoms with Gasteiger partial charge in [0.25, 0.3) is 0 Å². The number of rotatable bonds is 8. The highest BCUT2D eigenvalue weighted by molar-refractivity contribution is 5.85. The van der Waals surface area contributed by atoms with Crippen molar-refractivity contribution < 1.29 is 14.2 Å². The van der Waals surface area contributed by atoms with Crippen LogP contribution in [0.15, 0.2) is 18.2 Å². The minimum atomic E-state index is 0. The number of methoxy groups -OCH3 is 3. The SMILES string of the molecule is COCCCNCc1ccc(OC)cc1OC.Cl. The lowest BCUT2D eigenvalue weighted by molar-refractivity contribution is 0.194. The van der Waals surface area contributed by atoms with Crippen LogP contribution in [0.3, 0.4) is 0 Å². The maximum atomic E-state index is 5.32. The van der Waals surface area contributed by atoms with E-state index in [0.29, 0.717) is 0 Å². The summed E-state index contributed by atoms with van der Waals surface area (Å²) in [7, 11) is 5.03. The number of nitrogens with one attached hydrogen (secondary N) is 1. The Morgan fingerprint density at radius 2 is 1.89 bits per heavy atom. The van der Waals surface area contributed by atoms with Gasteiger partial charge in [-0.05, 0) is 19.0 Å². The zero-order valence-corrected chi connectivity index (χ0v) is 12.0. The summed E-state index contributed by atoms with van der Waals surface area (Å²) in [6, 6.07) is 5.85. The molecule has 0 aliphatic rings. The van der Waals surface area contributed by atoms with Crippen LogP contribution in [0.2, 0.25) is 0 Å². The molecule has 0 spiro atoms. The molecule has 18 heavy (non-hydrogen) atoms. The maximum absolute atomic E-state index is 5.32. The first kappa shape index (κ1) is 17.0. The average molecular weight is 276 g/mol. The molecule has 0 aliphatic heterocycles. The van der Waals surface area contributed by atoms with Gasteiger partial charge in [-0.15, -0.1) is 12.4 Å². The molecule has 0 saturated carbocycles. The van der Waals surface area contributed by atoms with E-state index in [9.17, 15) is 0 Å². The van der Waals surface area contributed by atoms with E-state index >= 15 is 0 Å². The van der Waals surface area contributed by atoms with E-state index in [1.807, 2.05) is 18.2 Å². The summed E-state index contributed by atoms with van der Waals surface area (Å²) < 4.78 is 15.5. The summed E-state index contributed by atoms with van der Waals surface area (Å²) in [5.41, 5.74) is 1.13. The van der Waals surface area contributed by atoms with Crippen LogP contribution >= 0.6 is 12.4 Å². The van der Waals surface area contributed by atoms with E-state index in [4.69, 9.17) is 14.2 Å². The molecule has 0 aromatic heterocycles. The summed E-state index contributed by atoms with van der Waals surface area (Å²) >= 11 is 0. The Hall–Kier alpha value is -0.970. The van der Waals surface area contributed by atoms with Crippen molar-refractivity contribution in [2.75, 3.05) is 34.5 Å². The predicted molar refractivity (Wildman–Crippen MR) is 75.0 cm³/mol. The van der Waals surface area contributed by atoms with Crippen LogP contribution in [0.1, 0.15) is 12.0 Å². The summed E-state index contributed by atoms with van der Waals surface area (Å²) in [5, 5.41) is 3.35. The highest BCUT2D eigenvalue weighted by Crippen LogP contribution is 2.24. The van der Waals surface area contributed by atoms with Crippen LogP contribution < -0.4 is 14.8 Å². The molecule has 0 aliphatic carbocycles. The first-order valence-corrected chi connectivity index (χ1v) is 5.72. The topological polar surface area (TPSA) is 39.7 Å². The first-order chi connectivity index (χ1) is 8.31. The number of ether oxygens (including phenoxy) is 3. The number of halogens is 1. The summed E-state index contributed by atoms with van der Waals surface area (Å²) in [5.74, 6) is 1.66. The van der Waals surface area contributed by atoms with Gasteiger partial charge in [-0.3, -0.25) is 0 Å². The van der Waals surface area contributed by atoms with E-state index in [1.54, 1.807) is 21.3 Å². The second kappa shape index (κ2) is 10.00. The standard InChI is InChI=1S/C13H21NO3.ClH/c1-15-8-4-7-14-10-11-5-6-12(16-2)9-13(11)17-3;/h5-6,9,14H,4,7-8,10H2,1-3H3;1H. The van der Waals surface area contributed by atoms with Crippen LogP contribution in [-0.4, -0.2) is 34.5 Å². The minimum Gasteiger partial charge on any atom is -0.497 e. The molecule has 1 N–H and O–H groups in total. The second-order valence-corrected chi connectivity index (χ2v) is 3.70. The van der Waals surface area contributed by atoms with Crippen LogP contribution in [0.25, 0.3) is 0 Å². The monoisotopic (exact) mass is 275 g/mol. The fourth-order valence-electron chi connectivity index (χ4n) is 1.56. The Bertz CT molecular complexity index is 334. The summed E-state index contributed by atoms with van der Waals surface area (Å²) in [6.07, 6.45) is 1.01. The lowest BCUT2D eigenvalue weighted by Gasteiger charge is -2.11. The van der Waals surface area contributed by atoms with Crippen molar-refractivity contribution in [2.24, 2.45) is 0 Å². The first-order valence-electron chi connectivity index (χ1n) is 5.72. The Kier molecular flexibility index (Phi) is 9.46. The molecule has 0 atom stereocenters. The number of hydrogen-bond acceptors (Lipinski definition) is 4. The van der Waals surface area contributed by atoms with Gasteiger partial charge in [0.1, 0.15) is 11.5 Å². The molecule has 5 heteroatoms. The van der Waals surface area contributed by atoms with Gasteiger partial charge in [0, 0.05) is 31.9 Å².